The molecule has 0 saturated heterocycles. The maximum absolute atomic E-state index is 12.9. The fourth-order valence-corrected chi connectivity index (χ4v) is 5.75. The average molecular weight is 645 g/mol. The molecule has 2 N–H and O–H groups in total. The van der Waals surface area contributed by atoms with Crippen LogP contribution in [-0.4, -0.2) is 37.0 Å². The van der Waals surface area contributed by atoms with Gasteiger partial charge in [-0.3, -0.25) is 9.59 Å². The molecule has 0 aliphatic rings. The lowest BCUT2D eigenvalue weighted by Gasteiger charge is -2.18. The minimum absolute atomic E-state index is 0.0768. The SMILES string of the molecule is CCCCCCCCCCCC(=O)NCCCC[C@H](NC(=O)CCCCC)C(=O)OCCCCCCCCCC[n+]1ccccc1. The summed E-state index contributed by atoms with van der Waals surface area (Å²) in [6.45, 7) is 6.45. The van der Waals surface area contributed by atoms with Crippen LogP contribution >= 0.6 is 0 Å². The highest BCUT2D eigenvalue weighted by molar-refractivity contribution is 5.84. The molecule has 0 aromatic carbocycles. The zero-order valence-electron chi connectivity index (χ0n) is 29.8. The Morgan fingerprint density at radius 1 is 0.587 bits per heavy atom. The molecule has 1 rings (SSSR count). The van der Waals surface area contributed by atoms with Gasteiger partial charge in [-0.1, -0.05) is 116 Å². The predicted octanol–water partition coefficient (Wildman–Crippen LogP) is 8.91. The number of carbonyl (C=O) groups excluding carboxylic acids is 3. The molecule has 2 amide bonds. The number of hydrogen-bond donors (Lipinski definition) is 2. The Morgan fingerprint density at radius 3 is 1.76 bits per heavy atom. The molecule has 46 heavy (non-hydrogen) atoms. The molecule has 0 bridgehead atoms. The molecule has 7 nitrogen and oxygen atoms in total. The lowest BCUT2D eigenvalue weighted by Crippen LogP contribution is -2.42. The Hall–Kier alpha value is -2.44. The summed E-state index contributed by atoms with van der Waals surface area (Å²) in [6, 6.07) is 5.59. The van der Waals surface area contributed by atoms with Crippen molar-refractivity contribution in [1.29, 1.82) is 0 Å². The first-order valence-corrected chi connectivity index (χ1v) is 19.2. The number of esters is 1. The van der Waals surface area contributed by atoms with E-state index in [1.807, 2.05) is 6.07 Å². The largest absolute Gasteiger partial charge is 0.464 e. The van der Waals surface area contributed by atoms with E-state index in [2.05, 4.69) is 53.6 Å². The Kier molecular flexibility index (Phi) is 28.2. The summed E-state index contributed by atoms with van der Waals surface area (Å²) in [4.78, 5) is 37.5. The first kappa shape index (κ1) is 41.6. The first-order valence-electron chi connectivity index (χ1n) is 19.2. The molecule has 0 aliphatic heterocycles. The van der Waals surface area contributed by atoms with E-state index in [1.165, 1.54) is 77.0 Å². The number of nitrogens with one attached hydrogen (secondary N) is 2. The van der Waals surface area contributed by atoms with Crippen molar-refractivity contribution in [2.24, 2.45) is 0 Å². The Balaban J connectivity index is 2.16. The van der Waals surface area contributed by atoms with E-state index < -0.39 is 6.04 Å². The van der Waals surface area contributed by atoms with Crippen LogP contribution in [0.2, 0.25) is 0 Å². The number of carbonyl (C=O) groups is 3. The van der Waals surface area contributed by atoms with Crippen molar-refractivity contribution in [2.75, 3.05) is 13.2 Å². The molecule has 7 heteroatoms. The van der Waals surface area contributed by atoms with Crippen LogP contribution in [0.4, 0.5) is 0 Å². The van der Waals surface area contributed by atoms with Crippen LogP contribution in [0.3, 0.4) is 0 Å². The van der Waals surface area contributed by atoms with Gasteiger partial charge >= 0.3 is 5.97 Å². The van der Waals surface area contributed by atoms with Gasteiger partial charge in [0, 0.05) is 37.9 Å². The molecule has 1 aromatic heterocycles. The number of pyridine rings is 1. The molecule has 1 heterocycles. The highest BCUT2D eigenvalue weighted by Crippen LogP contribution is 2.12. The molecule has 1 atom stereocenters. The Bertz CT molecular complexity index is 864. The smallest absolute Gasteiger partial charge is 0.328 e. The Labute approximate surface area is 282 Å². The summed E-state index contributed by atoms with van der Waals surface area (Å²) in [5, 5.41) is 5.95. The summed E-state index contributed by atoms with van der Waals surface area (Å²) < 4.78 is 7.84. The minimum atomic E-state index is -0.610. The van der Waals surface area contributed by atoms with Gasteiger partial charge in [0.1, 0.15) is 12.6 Å². The molecule has 0 unspecified atom stereocenters. The van der Waals surface area contributed by atoms with Gasteiger partial charge in [-0.05, 0) is 44.9 Å². The van der Waals surface area contributed by atoms with Crippen molar-refractivity contribution >= 4 is 17.8 Å². The molecular weight excluding hydrogens is 574 g/mol. The van der Waals surface area contributed by atoms with Crippen molar-refractivity contribution in [2.45, 2.75) is 187 Å². The van der Waals surface area contributed by atoms with Gasteiger partial charge in [-0.2, -0.15) is 0 Å². The summed E-state index contributed by atoms with van der Waals surface area (Å²) in [5.74, 6) is -0.285. The van der Waals surface area contributed by atoms with Crippen molar-refractivity contribution < 1.29 is 23.7 Å². The predicted molar refractivity (Wildman–Crippen MR) is 189 cm³/mol. The van der Waals surface area contributed by atoms with Crippen LogP contribution < -0.4 is 15.2 Å². The number of rotatable bonds is 32. The lowest BCUT2D eigenvalue weighted by atomic mass is 10.1. The van der Waals surface area contributed by atoms with Crippen molar-refractivity contribution in [1.82, 2.24) is 10.6 Å². The third-order valence-electron chi connectivity index (χ3n) is 8.71. The number of unbranched alkanes of at least 4 members (excludes halogenated alkanes) is 18. The second-order valence-electron chi connectivity index (χ2n) is 13.1. The van der Waals surface area contributed by atoms with Crippen LogP contribution in [-0.2, 0) is 25.7 Å². The Morgan fingerprint density at radius 2 is 1.11 bits per heavy atom. The molecule has 0 aliphatic carbocycles. The number of ether oxygens (including phenoxy) is 1. The molecule has 1 aromatic rings. The summed E-state index contributed by atoms with van der Waals surface area (Å²) in [6.07, 6.45) is 30.7. The number of hydrogen-bond acceptors (Lipinski definition) is 4. The lowest BCUT2D eigenvalue weighted by molar-refractivity contribution is -0.697. The summed E-state index contributed by atoms with van der Waals surface area (Å²) >= 11 is 0. The number of aromatic nitrogens is 1. The van der Waals surface area contributed by atoms with E-state index in [1.54, 1.807) is 0 Å². The highest BCUT2D eigenvalue weighted by atomic mass is 16.5. The van der Waals surface area contributed by atoms with Crippen molar-refractivity contribution in [3.05, 3.63) is 30.6 Å². The topological polar surface area (TPSA) is 88.4 Å². The quantitative estimate of drug-likeness (QED) is 0.0466. The summed E-state index contributed by atoms with van der Waals surface area (Å²) in [7, 11) is 0. The first-order chi connectivity index (χ1) is 22.6. The zero-order chi connectivity index (χ0) is 33.3. The number of nitrogens with zero attached hydrogens (tertiary/aromatic N) is 1. The van der Waals surface area contributed by atoms with Crippen LogP contribution in [0.25, 0.3) is 0 Å². The standard InChI is InChI=1S/C39H69N3O4/c1-3-5-7-8-9-10-13-16-21-29-37(43)40-31-23-22-28-36(41-38(44)30-20-6-4-2)39(45)46-35-27-18-15-12-11-14-17-24-32-42-33-25-19-26-34-42/h19,25-26,33-34,36H,3-18,20-24,27-32,35H2,1-2H3,(H-,40,41,43,44)/p+1/t36-/m0/s1. The third-order valence-corrected chi connectivity index (χ3v) is 8.71. The van der Waals surface area contributed by atoms with Gasteiger partial charge in [0.2, 0.25) is 11.8 Å². The number of amides is 2. The maximum atomic E-state index is 12.9. The maximum Gasteiger partial charge on any atom is 0.328 e. The van der Waals surface area contributed by atoms with E-state index in [4.69, 9.17) is 4.74 Å². The molecule has 0 fully saturated rings. The van der Waals surface area contributed by atoms with Gasteiger partial charge in [-0.25, -0.2) is 9.36 Å². The fourth-order valence-electron chi connectivity index (χ4n) is 5.75. The monoisotopic (exact) mass is 645 g/mol. The van der Waals surface area contributed by atoms with E-state index in [0.717, 1.165) is 70.8 Å². The molecule has 264 valence electrons. The molecule has 0 saturated carbocycles. The van der Waals surface area contributed by atoms with Gasteiger partial charge in [-0.15, -0.1) is 0 Å². The van der Waals surface area contributed by atoms with Crippen LogP contribution in [0.15, 0.2) is 30.6 Å². The van der Waals surface area contributed by atoms with Crippen LogP contribution in [0.5, 0.6) is 0 Å². The third kappa shape index (κ3) is 25.7. The second kappa shape index (κ2) is 31.2. The normalized spacial score (nSPS) is 11.7. The molecular formula is C39H70N3O4+. The van der Waals surface area contributed by atoms with Gasteiger partial charge in [0.25, 0.3) is 0 Å². The van der Waals surface area contributed by atoms with E-state index in [0.29, 0.717) is 32.4 Å². The fraction of sp³-hybridized carbons (Fsp3) is 0.795. The van der Waals surface area contributed by atoms with E-state index >= 15 is 0 Å². The van der Waals surface area contributed by atoms with Crippen LogP contribution in [0, 0.1) is 0 Å². The number of aryl methyl sites for hydroxylation is 1. The van der Waals surface area contributed by atoms with Crippen molar-refractivity contribution in [3.8, 4) is 0 Å². The molecule has 0 radical (unpaired) electrons. The van der Waals surface area contributed by atoms with Crippen molar-refractivity contribution in [3.63, 3.8) is 0 Å². The van der Waals surface area contributed by atoms with Gasteiger partial charge in [0.05, 0.1) is 6.61 Å². The zero-order valence-corrected chi connectivity index (χ0v) is 29.8. The summed E-state index contributed by atoms with van der Waals surface area (Å²) in [5.41, 5.74) is 0. The highest BCUT2D eigenvalue weighted by Gasteiger charge is 2.21. The molecule has 0 spiro atoms. The van der Waals surface area contributed by atoms with Gasteiger partial charge in [0.15, 0.2) is 12.4 Å². The van der Waals surface area contributed by atoms with E-state index in [9.17, 15) is 14.4 Å². The minimum Gasteiger partial charge on any atom is -0.464 e. The van der Waals surface area contributed by atoms with Gasteiger partial charge < -0.3 is 15.4 Å². The average Bonchev–Trinajstić information content (AvgIpc) is 3.06. The second-order valence-corrected chi connectivity index (χ2v) is 13.1. The van der Waals surface area contributed by atoms with Crippen LogP contribution in [0.1, 0.15) is 174 Å². The van der Waals surface area contributed by atoms with E-state index in [-0.39, 0.29) is 17.8 Å².